The summed E-state index contributed by atoms with van der Waals surface area (Å²) in [5.41, 5.74) is 1.69. The predicted molar refractivity (Wildman–Crippen MR) is 143 cm³/mol. The van der Waals surface area contributed by atoms with Gasteiger partial charge in [-0.15, -0.1) is 0 Å². The van der Waals surface area contributed by atoms with Crippen LogP contribution in [0.2, 0.25) is 10.0 Å². The molecule has 188 valence electrons. The molecular weight excluding hydrogens is 495 g/mol. The van der Waals surface area contributed by atoms with Gasteiger partial charge in [-0.3, -0.25) is 9.69 Å². The van der Waals surface area contributed by atoms with E-state index >= 15 is 0 Å². The molecule has 1 heterocycles. The third kappa shape index (κ3) is 5.44. The van der Waals surface area contributed by atoms with Gasteiger partial charge < -0.3 is 4.74 Å². The van der Waals surface area contributed by atoms with Gasteiger partial charge in [-0.2, -0.15) is 0 Å². The molecule has 1 aliphatic rings. The van der Waals surface area contributed by atoms with Crippen LogP contribution in [-0.2, 0) is 16.0 Å². The maximum Gasteiger partial charge on any atom is 0.418 e. The molecule has 0 bridgehead atoms. The first-order chi connectivity index (χ1) is 17.1. The number of carbonyl (C=O) groups is 2. The Balaban J connectivity index is 1.90. The number of carbonyl (C=O) groups excluding carboxylic acids is 2. The smallest absolute Gasteiger partial charge is 0.418 e. The highest BCUT2D eigenvalue weighted by atomic mass is 35.5. The fourth-order valence-corrected chi connectivity index (χ4v) is 5.26. The van der Waals surface area contributed by atoms with Crippen molar-refractivity contribution in [1.29, 1.82) is 0 Å². The number of rotatable bonds is 5. The molecule has 0 saturated carbocycles. The molecule has 3 aromatic carbocycles. The molecule has 5 nitrogen and oxygen atoms in total. The summed E-state index contributed by atoms with van der Waals surface area (Å²) in [5.74, 6) is -0.350. The van der Waals surface area contributed by atoms with Crippen LogP contribution in [0.15, 0.2) is 78.9 Å². The summed E-state index contributed by atoms with van der Waals surface area (Å²) in [7, 11) is 0. The summed E-state index contributed by atoms with van der Waals surface area (Å²) >= 11 is 13.4. The molecule has 0 unspecified atom stereocenters. The van der Waals surface area contributed by atoms with Crippen molar-refractivity contribution in [3.05, 3.63) is 106 Å². The molecule has 3 aromatic rings. The number of amides is 2. The zero-order valence-electron chi connectivity index (χ0n) is 20.8. The lowest BCUT2D eigenvalue weighted by Gasteiger charge is -2.36. The molecular formula is C29H30Cl2N2O3. The van der Waals surface area contributed by atoms with Gasteiger partial charge in [0.15, 0.2) is 0 Å². The quantitative estimate of drug-likeness (QED) is 0.347. The van der Waals surface area contributed by atoms with Crippen molar-refractivity contribution in [1.82, 2.24) is 9.80 Å². The molecule has 2 amide bonds. The lowest BCUT2D eigenvalue weighted by molar-refractivity contribution is -0.129. The molecule has 0 aliphatic carbocycles. The van der Waals surface area contributed by atoms with Crippen LogP contribution in [-0.4, -0.2) is 33.4 Å². The zero-order chi connectivity index (χ0) is 26.0. The number of ether oxygens (including phenoxy) is 1. The van der Waals surface area contributed by atoms with Crippen molar-refractivity contribution < 1.29 is 14.3 Å². The molecule has 4 rings (SSSR count). The first-order valence-corrected chi connectivity index (χ1v) is 12.7. The van der Waals surface area contributed by atoms with Crippen LogP contribution in [0.3, 0.4) is 0 Å². The molecule has 7 heteroatoms. The highest BCUT2D eigenvalue weighted by Crippen LogP contribution is 2.46. The van der Waals surface area contributed by atoms with E-state index in [2.05, 4.69) is 0 Å². The van der Waals surface area contributed by atoms with Crippen LogP contribution >= 0.6 is 23.2 Å². The van der Waals surface area contributed by atoms with Gasteiger partial charge in [0.1, 0.15) is 11.8 Å². The van der Waals surface area contributed by atoms with Crippen molar-refractivity contribution in [3.8, 4) is 0 Å². The molecule has 0 spiro atoms. The van der Waals surface area contributed by atoms with Gasteiger partial charge in [0, 0.05) is 21.7 Å². The lowest BCUT2D eigenvalue weighted by Crippen LogP contribution is -2.41. The van der Waals surface area contributed by atoms with Gasteiger partial charge in [0.05, 0.1) is 6.04 Å². The first-order valence-electron chi connectivity index (χ1n) is 11.9. The number of nitrogens with zero attached hydrogens (tertiary/aromatic N) is 2. The molecule has 3 atom stereocenters. The normalized spacial score (nSPS) is 19.4. The average Bonchev–Trinajstić information content (AvgIpc) is 3.10. The van der Waals surface area contributed by atoms with Crippen molar-refractivity contribution in [2.75, 3.05) is 0 Å². The van der Waals surface area contributed by atoms with Crippen LogP contribution < -0.4 is 0 Å². The Kier molecular flexibility index (Phi) is 7.74. The summed E-state index contributed by atoms with van der Waals surface area (Å²) in [6.45, 7) is 7.34. The fraction of sp³-hybridized carbons (Fsp3) is 0.310. The molecule has 36 heavy (non-hydrogen) atoms. The van der Waals surface area contributed by atoms with Gasteiger partial charge in [-0.25, -0.2) is 9.69 Å². The maximum absolute atomic E-state index is 14.1. The highest BCUT2D eigenvalue weighted by Gasteiger charge is 2.53. The summed E-state index contributed by atoms with van der Waals surface area (Å²) in [4.78, 5) is 30.9. The summed E-state index contributed by atoms with van der Waals surface area (Å²) in [6, 6.07) is 23.9. The van der Waals surface area contributed by atoms with E-state index in [1.54, 1.807) is 39.0 Å². The van der Waals surface area contributed by atoms with Gasteiger partial charge in [-0.1, -0.05) is 89.9 Å². The Morgan fingerprint density at radius 2 is 1.47 bits per heavy atom. The Morgan fingerprint density at radius 1 is 0.917 bits per heavy atom. The van der Waals surface area contributed by atoms with E-state index in [9.17, 15) is 9.59 Å². The monoisotopic (exact) mass is 524 g/mol. The summed E-state index contributed by atoms with van der Waals surface area (Å²) in [6.07, 6.45) is -1.17. The van der Waals surface area contributed by atoms with E-state index in [-0.39, 0.29) is 11.9 Å². The van der Waals surface area contributed by atoms with E-state index in [1.165, 1.54) is 4.90 Å². The molecule has 1 fully saturated rings. The largest absolute Gasteiger partial charge is 0.443 e. The SMILES string of the molecule is C[C@H](c1ccccc1)N1[C@@H](Cc2ccccc2)C(=O)N(C(=O)OC(C)(C)C)[C@@H]1c1c(Cl)cccc1Cl. The van der Waals surface area contributed by atoms with Crippen molar-refractivity contribution in [2.45, 2.75) is 58.0 Å². The van der Waals surface area contributed by atoms with Gasteiger partial charge in [0.2, 0.25) is 0 Å². The fourth-order valence-electron chi connectivity index (χ4n) is 4.66. The topological polar surface area (TPSA) is 49.9 Å². The van der Waals surface area contributed by atoms with Crippen molar-refractivity contribution >= 4 is 35.2 Å². The molecule has 1 aliphatic heterocycles. The minimum absolute atomic E-state index is 0.242. The van der Waals surface area contributed by atoms with Crippen LogP contribution in [0, 0.1) is 0 Å². The van der Waals surface area contributed by atoms with Crippen LogP contribution in [0.5, 0.6) is 0 Å². The van der Waals surface area contributed by atoms with E-state index in [0.29, 0.717) is 22.0 Å². The van der Waals surface area contributed by atoms with Crippen molar-refractivity contribution in [2.24, 2.45) is 0 Å². The average molecular weight is 525 g/mol. The molecule has 0 radical (unpaired) electrons. The second-order valence-corrected chi connectivity index (χ2v) is 10.8. The minimum atomic E-state index is -0.850. The molecule has 0 N–H and O–H groups in total. The molecule has 1 saturated heterocycles. The number of halogens is 2. The maximum atomic E-state index is 14.1. The van der Waals surface area contributed by atoms with Gasteiger partial charge in [0.25, 0.3) is 5.91 Å². The highest BCUT2D eigenvalue weighted by molar-refractivity contribution is 6.36. The summed E-state index contributed by atoms with van der Waals surface area (Å²) < 4.78 is 5.71. The van der Waals surface area contributed by atoms with E-state index in [0.717, 1.165) is 11.1 Å². The third-order valence-electron chi connectivity index (χ3n) is 6.26. The first kappa shape index (κ1) is 26.2. The number of benzene rings is 3. The van der Waals surface area contributed by atoms with Crippen LogP contribution in [0.1, 0.15) is 56.6 Å². The Morgan fingerprint density at radius 3 is 2.03 bits per heavy atom. The lowest BCUT2D eigenvalue weighted by atomic mass is 9.99. The standard InChI is InChI=1S/C29H30Cl2N2O3/c1-19(21-14-9-6-10-15-21)32-24(18-20-12-7-5-8-13-20)27(34)33(28(35)36-29(2,3)4)26(32)25-22(30)16-11-17-23(25)31/h5-17,19,24,26H,18H2,1-4H3/t19-,24+,26-/m1/s1. The number of imide groups is 1. The van der Waals surface area contributed by atoms with Crippen LogP contribution in [0.4, 0.5) is 4.79 Å². The van der Waals surface area contributed by atoms with E-state index in [1.807, 2.05) is 72.5 Å². The zero-order valence-corrected chi connectivity index (χ0v) is 22.3. The Bertz CT molecular complexity index is 1210. The third-order valence-corrected chi connectivity index (χ3v) is 6.92. The summed E-state index contributed by atoms with van der Waals surface area (Å²) in [5, 5.41) is 0.749. The second-order valence-electron chi connectivity index (χ2n) is 9.94. The molecule has 0 aromatic heterocycles. The van der Waals surface area contributed by atoms with Crippen molar-refractivity contribution in [3.63, 3.8) is 0 Å². The predicted octanol–water partition coefficient (Wildman–Crippen LogP) is 7.44. The number of hydrogen-bond acceptors (Lipinski definition) is 4. The van der Waals surface area contributed by atoms with Crippen LogP contribution in [0.25, 0.3) is 0 Å². The minimum Gasteiger partial charge on any atom is -0.443 e. The van der Waals surface area contributed by atoms with Gasteiger partial charge in [-0.05, 0) is 57.4 Å². The Labute approximate surface area is 222 Å². The van der Waals surface area contributed by atoms with E-state index in [4.69, 9.17) is 27.9 Å². The second kappa shape index (κ2) is 10.6. The van der Waals surface area contributed by atoms with E-state index < -0.39 is 23.9 Å². The van der Waals surface area contributed by atoms with Gasteiger partial charge >= 0.3 is 6.09 Å². The number of hydrogen-bond donors (Lipinski definition) is 0. The Hall–Kier alpha value is -2.86.